The molecule has 0 aromatic heterocycles. The maximum absolute atomic E-state index is 14.9. The van der Waals surface area contributed by atoms with E-state index in [9.17, 15) is 49.3 Å². The van der Waals surface area contributed by atoms with Crippen molar-refractivity contribution in [1.29, 1.82) is 5.26 Å². The Balaban J connectivity index is 0.000000189. The summed E-state index contributed by atoms with van der Waals surface area (Å²) >= 11 is 2.92. The summed E-state index contributed by atoms with van der Waals surface area (Å²) in [6, 6.07) is 8.49. The van der Waals surface area contributed by atoms with Crippen LogP contribution < -0.4 is 67.5 Å². The Morgan fingerprint density at radius 3 is 1.31 bits per heavy atom. The molecule has 630 valence electrons. The number of aliphatic hydroxyl groups excluding tert-OH is 1. The third-order valence-electron chi connectivity index (χ3n) is 25.2. The van der Waals surface area contributed by atoms with Crippen LogP contribution in [-0.4, -0.2) is 201 Å². The van der Waals surface area contributed by atoms with Crippen LogP contribution in [0.4, 0.5) is 0 Å². The number of aryl methyl sites for hydroxylation is 2. The number of phenols is 2. The van der Waals surface area contributed by atoms with Crippen LogP contribution in [0.3, 0.4) is 0 Å². The van der Waals surface area contributed by atoms with E-state index in [4.69, 9.17) is 66.3 Å². The molecule has 6 aromatic rings. The fraction of sp³-hybridized carbons (Fsp3) is 0.500. The second-order valence-electron chi connectivity index (χ2n) is 31.2. The van der Waals surface area contributed by atoms with Crippen molar-refractivity contribution in [2.24, 2.45) is 0 Å². The smallest absolute Gasteiger partial charge is 0.331 e. The predicted molar refractivity (Wildman–Crippen MR) is 432 cm³/mol. The van der Waals surface area contributed by atoms with Crippen LogP contribution in [0.5, 0.6) is 80.5 Å². The minimum absolute atomic E-state index is 0. The number of benzene rings is 6. The molecule has 0 aliphatic carbocycles. The fourth-order valence-electron chi connectivity index (χ4n) is 20.6. The van der Waals surface area contributed by atoms with E-state index in [0.717, 1.165) is 33.4 Å². The molecule has 14 atom stereocenters. The summed E-state index contributed by atoms with van der Waals surface area (Å²) < 4.78 is 83.6. The van der Waals surface area contributed by atoms with Crippen molar-refractivity contribution in [3.63, 3.8) is 0 Å². The van der Waals surface area contributed by atoms with E-state index in [2.05, 4.69) is 31.4 Å². The molecule has 8 bridgehead atoms. The number of piperazine rings is 2. The Morgan fingerprint density at radius 1 is 0.508 bits per heavy atom. The molecule has 0 saturated carbocycles. The maximum atomic E-state index is 14.9. The number of hydrogen-bond acceptors (Lipinski definition) is 32. The number of carbonyl (C=O) groups is 6. The number of thioether (sulfide) groups is 2. The molecule has 32 heteroatoms. The number of phenolic OH excluding ortho intramolecular Hbond substituents is 2. The molecule has 5 N–H and O–H groups in total. The summed E-state index contributed by atoms with van der Waals surface area (Å²) in [5, 5.41) is 53.7. The maximum Gasteiger partial charge on any atom is 0.331 e. The van der Waals surface area contributed by atoms with Crippen molar-refractivity contribution < 1.29 is 110 Å². The zero-order valence-corrected chi connectivity index (χ0v) is 67.6. The first-order valence-electron chi connectivity index (χ1n) is 38.2. The molecule has 2 spiro atoms. The second kappa shape index (κ2) is 31.6. The summed E-state index contributed by atoms with van der Waals surface area (Å²) in [6.45, 7) is 13.0. The molecule has 2 unspecified atom stereocenters. The fourth-order valence-corrected chi connectivity index (χ4v) is 24.0. The zero-order chi connectivity index (χ0) is 81.2. The lowest BCUT2D eigenvalue weighted by Gasteiger charge is -2.62. The molecule has 30 nitrogen and oxygen atoms in total. The van der Waals surface area contributed by atoms with Crippen molar-refractivity contribution in [2.45, 2.75) is 186 Å². The number of hydrogen-bond donors (Lipinski definition) is 5. The largest absolute Gasteiger partial charge is 0.504 e. The van der Waals surface area contributed by atoms with Crippen LogP contribution >= 0.6 is 23.5 Å². The Labute approximate surface area is 693 Å². The van der Waals surface area contributed by atoms with E-state index in [0.29, 0.717) is 140 Å². The summed E-state index contributed by atoms with van der Waals surface area (Å²) in [7, 11) is 9.94. The molecular formula is C86H101N7O23S2. The van der Waals surface area contributed by atoms with Crippen molar-refractivity contribution in [3.05, 3.63) is 125 Å². The van der Waals surface area contributed by atoms with Gasteiger partial charge in [0.1, 0.15) is 37.0 Å². The molecule has 4 saturated heterocycles. The number of nitrogens with one attached hydrogen (secondary N) is 2. The van der Waals surface area contributed by atoms with Gasteiger partial charge in [0.25, 0.3) is 0 Å². The number of carbonyl (C=O) groups excluding carboxylic acids is 6. The molecule has 14 aliphatic rings. The quantitative estimate of drug-likeness (QED) is 0.0698. The van der Waals surface area contributed by atoms with Crippen molar-refractivity contribution in [3.8, 4) is 86.6 Å². The zero-order valence-electron chi connectivity index (χ0n) is 65.9. The minimum Gasteiger partial charge on any atom is -0.504 e. The summed E-state index contributed by atoms with van der Waals surface area (Å²) in [5.41, 5.74) is 8.52. The summed E-state index contributed by atoms with van der Waals surface area (Å²) in [6.07, 6.45) is 0.928. The lowest BCUT2D eigenvalue weighted by molar-refractivity contribution is -0.186. The summed E-state index contributed by atoms with van der Waals surface area (Å²) in [5.74, 6) is 1.34. The molecule has 118 heavy (non-hydrogen) atoms. The van der Waals surface area contributed by atoms with Gasteiger partial charge in [0, 0.05) is 115 Å². The number of aliphatic hydroxyl groups is 1. The number of esters is 6. The van der Waals surface area contributed by atoms with E-state index in [1.807, 2.05) is 58.8 Å². The normalized spacial score (nSPS) is 27.4. The van der Waals surface area contributed by atoms with E-state index >= 15 is 0 Å². The highest BCUT2D eigenvalue weighted by Crippen LogP contribution is 2.68. The Hall–Kier alpha value is -9.95. The van der Waals surface area contributed by atoms with Gasteiger partial charge in [-0.3, -0.25) is 49.4 Å². The van der Waals surface area contributed by atoms with Crippen molar-refractivity contribution >= 4 is 59.3 Å². The van der Waals surface area contributed by atoms with E-state index < -0.39 is 112 Å². The molecule has 6 aromatic carbocycles. The molecule has 0 radical (unpaired) electrons. The lowest BCUT2D eigenvalue weighted by atomic mass is 9.71. The minimum atomic E-state index is -1.40. The van der Waals surface area contributed by atoms with Crippen LogP contribution in [0.1, 0.15) is 174 Å². The van der Waals surface area contributed by atoms with Gasteiger partial charge in [-0.15, -0.1) is 23.5 Å². The number of rotatable bonds is 8. The average molecular weight is 1660 g/mol. The van der Waals surface area contributed by atoms with Crippen molar-refractivity contribution in [1.82, 2.24) is 30.2 Å². The van der Waals surface area contributed by atoms with Gasteiger partial charge in [0.15, 0.2) is 80.1 Å². The number of ether oxygens (including phenoxy) is 14. The Morgan fingerprint density at radius 2 is 0.907 bits per heavy atom. The van der Waals surface area contributed by atoms with E-state index in [-0.39, 0.29) is 101 Å². The van der Waals surface area contributed by atoms with E-state index in [1.165, 1.54) is 79.7 Å². The van der Waals surface area contributed by atoms with Crippen LogP contribution in [0.2, 0.25) is 0 Å². The van der Waals surface area contributed by atoms with E-state index in [1.54, 1.807) is 24.3 Å². The van der Waals surface area contributed by atoms with Gasteiger partial charge in [-0.05, 0) is 136 Å². The highest BCUT2D eigenvalue weighted by molar-refractivity contribution is 7.99. The second-order valence-corrected chi connectivity index (χ2v) is 33.4. The Kier molecular flexibility index (Phi) is 22.7. The molecular weight excluding hydrogens is 1560 g/mol. The first-order valence-corrected chi connectivity index (χ1v) is 40.3. The third kappa shape index (κ3) is 12.7. The van der Waals surface area contributed by atoms with Gasteiger partial charge < -0.3 is 81.6 Å². The molecule has 14 heterocycles. The highest BCUT2D eigenvalue weighted by atomic mass is 32.2. The highest BCUT2D eigenvalue weighted by Gasteiger charge is 2.65. The standard InChI is InChI=1S/C42H44N4O11S.C41H45N3O12S.3CH4/c1-18-10-23-11-25-26(14-43)46-27-15-53-41(50)42(24-13-28(51-6)29(56-20(3)47)12-22(24)8-9-44-42)16-58-40(34(46)33(45(25)5)30(23)35(49)36(18)52-7)32-31(27)39-38(54-17-55-39)19(2)37(32)57-21(4)48;1-17-10-22-11-24-39(48)44-25-14-52-40(49)41(23-13-26(50-6)27(55-19(3)45)12-21(23)8-9-42-41)15-57-38(32(44)31(43(24)5)28(22)33(47)34(17)51-7)30-29(25)37-36(53-16-54-37)18(2)35(30)56-20(4)46;;;/h10,12-13,25-27,33-34,40,44,49H,8-9,11,15-17H2,1-7H3;10,12-13,24-25,31-32,38-39,42,47-48H,8-9,11,14-16H2,1-7H3;3*1H4/t25-,26-,27-,33+,34?,40+,42+;24-,25-,31+,32?,38+,39-,41+;;;/m00.../s1. The predicted octanol–water partition coefficient (Wildman–Crippen LogP) is 9.75. The molecule has 20 rings (SSSR count). The Bertz CT molecular complexity index is 5230. The van der Waals surface area contributed by atoms with Crippen LogP contribution in [0, 0.1) is 39.0 Å². The first-order chi connectivity index (χ1) is 55.1. The number of fused-ring (bicyclic) bond motifs is 18. The van der Waals surface area contributed by atoms with Gasteiger partial charge in [-0.25, -0.2) is 9.59 Å². The topological polar surface area (TPSA) is 353 Å². The van der Waals surface area contributed by atoms with Gasteiger partial charge in [0.05, 0.1) is 75.2 Å². The number of likely N-dealkylation sites (N-methyl/N-ethyl adjacent to an activating group) is 2. The molecule has 4 fully saturated rings. The average Bonchev–Trinajstić information content (AvgIpc) is 0.884. The third-order valence-corrected chi connectivity index (χ3v) is 28.1. The van der Waals surface area contributed by atoms with Crippen LogP contribution in [0.15, 0.2) is 36.4 Å². The SMILES string of the molecule is C.C.C.COc1cc2c(cc1OC(C)=O)CCN[C@]21CS[C@@H]2c3c(OC(C)=O)c(C)c4c(c3[C@H](COC1=O)N1C2[C@H]2c3c(cc(C)c(OC)c3O)C[C@@H]([C@@H]1C#N)N2C)OCO4.COc1cc2c(cc1OC(C)=O)CCN[C@]21CS[C@@H]2c3c(OC(C)=O)c(C)c4c(c3[C@H](COC1=O)N1C2[C@H]2c3c(cc(C)c(OC)c3O)C[C@@H]([C@@H]1O)N2C)OCO4. The number of methoxy groups -OCH3 is 4. The van der Waals surface area contributed by atoms with Gasteiger partial charge in [-0.1, -0.05) is 34.4 Å². The molecule has 14 aliphatic heterocycles. The van der Waals surface area contributed by atoms with Gasteiger partial charge in [-0.2, -0.15) is 5.26 Å². The number of nitriles is 1. The van der Waals surface area contributed by atoms with Crippen LogP contribution in [0.25, 0.3) is 0 Å². The monoisotopic (exact) mass is 1660 g/mol. The lowest BCUT2D eigenvalue weighted by Crippen LogP contribution is -2.70. The van der Waals surface area contributed by atoms with Gasteiger partial charge >= 0.3 is 35.8 Å². The first kappa shape index (κ1) is 84.5. The summed E-state index contributed by atoms with van der Waals surface area (Å²) in [4.78, 5) is 88.2. The van der Waals surface area contributed by atoms with Gasteiger partial charge in [0.2, 0.25) is 13.6 Å². The number of nitrogens with zero attached hydrogens (tertiary/aromatic N) is 5. The van der Waals surface area contributed by atoms with Crippen LogP contribution in [-0.2, 0) is 75.0 Å². The van der Waals surface area contributed by atoms with Crippen molar-refractivity contribution in [2.75, 3.05) is 93.9 Å². The molecule has 0 amide bonds. The number of aromatic hydroxyl groups is 2.